The van der Waals surface area contributed by atoms with Crippen molar-refractivity contribution in [2.24, 2.45) is 5.92 Å². The summed E-state index contributed by atoms with van der Waals surface area (Å²) in [5.74, 6) is 1.80. The zero-order valence-corrected chi connectivity index (χ0v) is 10.1. The van der Waals surface area contributed by atoms with Crippen LogP contribution in [0.2, 0.25) is 0 Å². The van der Waals surface area contributed by atoms with Crippen molar-refractivity contribution in [2.75, 3.05) is 6.61 Å². The minimum Gasteiger partial charge on any atom is -0.370 e. The molecule has 1 unspecified atom stereocenters. The smallest absolute Gasteiger partial charge is 0.251 e. The molecule has 3 rings (SSSR count). The van der Waals surface area contributed by atoms with E-state index in [0.29, 0.717) is 18.4 Å². The molecule has 4 nitrogen and oxygen atoms in total. The van der Waals surface area contributed by atoms with Gasteiger partial charge in [0.1, 0.15) is 11.9 Å². The maximum atomic E-state index is 11.6. The molecular formula is C13H18N2O2. The van der Waals surface area contributed by atoms with E-state index in [9.17, 15) is 4.79 Å². The second-order valence-corrected chi connectivity index (χ2v) is 5.04. The van der Waals surface area contributed by atoms with Crippen molar-refractivity contribution in [1.82, 2.24) is 9.97 Å². The molecule has 2 saturated carbocycles. The maximum Gasteiger partial charge on any atom is 0.251 e. The molecular weight excluding hydrogens is 216 g/mol. The van der Waals surface area contributed by atoms with Gasteiger partial charge in [0.05, 0.1) is 5.69 Å². The molecule has 2 fully saturated rings. The van der Waals surface area contributed by atoms with E-state index < -0.39 is 0 Å². The molecule has 4 heteroatoms. The first-order chi connectivity index (χ1) is 8.28. The van der Waals surface area contributed by atoms with Crippen molar-refractivity contribution in [3.8, 4) is 0 Å². The number of aromatic nitrogens is 2. The first-order valence-electron chi connectivity index (χ1n) is 6.50. The van der Waals surface area contributed by atoms with E-state index in [1.165, 1.54) is 25.7 Å². The van der Waals surface area contributed by atoms with Crippen LogP contribution in [0.25, 0.3) is 0 Å². The van der Waals surface area contributed by atoms with E-state index in [1.54, 1.807) is 6.07 Å². The van der Waals surface area contributed by atoms with Gasteiger partial charge in [-0.05, 0) is 38.5 Å². The lowest BCUT2D eigenvalue weighted by molar-refractivity contribution is 0.0397. The van der Waals surface area contributed by atoms with E-state index >= 15 is 0 Å². The van der Waals surface area contributed by atoms with Gasteiger partial charge < -0.3 is 9.72 Å². The molecule has 0 amide bonds. The third-order valence-electron chi connectivity index (χ3n) is 3.44. The van der Waals surface area contributed by atoms with Gasteiger partial charge in [0.25, 0.3) is 5.56 Å². The van der Waals surface area contributed by atoms with Crippen LogP contribution in [0.3, 0.4) is 0 Å². The highest BCUT2D eigenvalue weighted by molar-refractivity contribution is 5.15. The molecule has 2 aliphatic rings. The Morgan fingerprint density at radius 3 is 2.82 bits per heavy atom. The van der Waals surface area contributed by atoms with Crippen LogP contribution in [0.4, 0.5) is 0 Å². The summed E-state index contributed by atoms with van der Waals surface area (Å²) >= 11 is 0. The Hall–Kier alpha value is -1.16. The van der Waals surface area contributed by atoms with Crippen LogP contribution in [-0.2, 0) is 4.74 Å². The average molecular weight is 234 g/mol. The molecule has 0 bridgehead atoms. The summed E-state index contributed by atoms with van der Waals surface area (Å²) in [5, 5.41) is 0. The van der Waals surface area contributed by atoms with Crippen LogP contribution in [-0.4, -0.2) is 16.6 Å². The summed E-state index contributed by atoms with van der Waals surface area (Å²) in [6, 6.07) is 1.64. The van der Waals surface area contributed by atoms with E-state index in [2.05, 4.69) is 9.97 Å². The second-order valence-electron chi connectivity index (χ2n) is 5.04. The maximum absolute atomic E-state index is 11.6. The first kappa shape index (κ1) is 11.0. The molecule has 1 aromatic rings. The molecule has 1 heterocycles. The van der Waals surface area contributed by atoms with Crippen molar-refractivity contribution in [1.29, 1.82) is 0 Å². The fourth-order valence-corrected chi connectivity index (χ4v) is 2.24. The van der Waals surface area contributed by atoms with Crippen LogP contribution >= 0.6 is 0 Å². The van der Waals surface area contributed by atoms with Gasteiger partial charge in [0, 0.05) is 18.6 Å². The molecule has 0 aromatic carbocycles. The quantitative estimate of drug-likeness (QED) is 0.849. The zero-order chi connectivity index (χ0) is 11.8. The Morgan fingerprint density at radius 1 is 1.47 bits per heavy atom. The molecule has 1 N–H and O–H groups in total. The predicted molar refractivity (Wildman–Crippen MR) is 63.9 cm³/mol. The standard InChI is InChI=1S/C13H18N2O2/c1-2-17-12(9-5-6-9)13-14-10(8-3-4-8)7-11(16)15-13/h7-9,12H,2-6H2,1H3,(H,14,15,16). The van der Waals surface area contributed by atoms with Gasteiger partial charge in [-0.25, -0.2) is 4.98 Å². The van der Waals surface area contributed by atoms with E-state index in [-0.39, 0.29) is 11.7 Å². The third-order valence-corrected chi connectivity index (χ3v) is 3.44. The van der Waals surface area contributed by atoms with Gasteiger partial charge in [-0.1, -0.05) is 0 Å². The molecule has 92 valence electrons. The van der Waals surface area contributed by atoms with Crippen molar-refractivity contribution in [3.63, 3.8) is 0 Å². The molecule has 0 radical (unpaired) electrons. The second kappa shape index (κ2) is 4.26. The number of rotatable bonds is 5. The molecule has 0 aliphatic heterocycles. The van der Waals surface area contributed by atoms with Crippen LogP contribution in [0.1, 0.15) is 56.1 Å². The Kier molecular flexibility index (Phi) is 2.74. The van der Waals surface area contributed by atoms with Gasteiger partial charge in [0.15, 0.2) is 0 Å². The minimum atomic E-state index is -0.0396. The summed E-state index contributed by atoms with van der Waals surface area (Å²) in [7, 11) is 0. The Balaban J connectivity index is 1.91. The average Bonchev–Trinajstić information content (AvgIpc) is 3.18. The number of nitrogens with one attached hydrogen (secondary N) is 1. The van der Waals surface area contributed by atoms with Crippen molar-refractivity contribution in [2.45, 2.75) is 44.6 Å². The van der Waals surface area contributed by atoms with Crippen LogP contribution in [0, 0.1) is 5.92 Å². The van der Waals surface area contributed by atoms with Crippen LogP contribution < -0.4 is 5.56 Å². The topological polar surface area (TPSA) is 55.0 Å². The van der Waals surface area contributed by atoms with Crippen molar-refractivity contribution >= 4 is 0 Å². The summed E-state index contributed by atoms with van der Waals surface area (Å²) in [5.41, 5.74) is 0.913. The lowest BCUT2D eigenvalue weighted by Gasteiger charge is -2.15. The molecule has 0 saturated heterocycles. The van der Waals surface area contributed by atoms with Crippen LogP contribution in [0.15, 0.2) is 10.9 Å². The number of H-pyrrole nitrogens is 1. The summed E-state index contributed by atoms with van der Waals surface area (Å²) in [4.78, 5) is 19.1. The van der Waals surface area contributed by atoms with Gasteiger partial charge in [-0.15, -0.1) is 0 Å². The summed E-state index contributed by atoms with van der Waals surface area (Å²) in [6.07, 6.45) is 4.69. The monoisotopic (exact) mass is 234 g/mol. The fourth-order valence-electron chi connectivity index (χ4n) is 2.24. The number of ether oxygens (including phenoxy) is 1. The highest BCUT2D eigenvalue weighted by Gasteiger charge is 2.35. The normalized spacial score (nSPS) is 21.5. The summed E-state index contributed by atoms with van der Waals surface area (Å²) < 4.78 is 5.73. The lowest BCUT2D eigenvalue weighted by atomic mass is 10.2. The summed E-state index contributed by atoms with van der Waals surface area (Å²) in [6.45, 7) is 2.65. The molecule has 1 atom stereocenters. The molecule has 17 heavy (non-hydrogen) atoms. The molecule has 2 aliphatic carbocycles. The zero-order valence-electron chi connectivity index (χ0n) is 10.1. The SMILES string of the molecule is CCOC(c1nc(C2CC2)cc(=O)[nH]1)C1CC1. The number of hydrogen-bond acceptors (Lipinski definition) is 3. The highest BCUT2D eigenvalue weighted by Crippen LogP contribution is 2.43. The van der Waals surface area contributed by atoms with Crippen molar-refractivity contribution in [3.05, 3.63) is 27.9 Å². The Labute approximate surface area is 100 Å². The highest BCUT2D eigenvalue weighted by atomic mass is 16.5. The largest absolute Gasteiger partial charge is 0.370 e. The molecule has 0 spiro atoms. The van der Waals surface area contributed by atoms with Crippen LogP contribution in [0.5, 0.6) is 0 Å². The molecule has 1 aromatic heterocycles. The Bertz CT molecular complexity index is 461. The van der Waals surface area contributed by atoms with Gasteiger partial charge in [-0.2, -0.15) is 0 Å². The van der Waals surface area contributed by atoms with E-state index in [1.807, 2.05) is 6.92 Å². The number of hydrogen-bond donors (Lipinski definition) is 1. The lowest BCUT2D eigenvalue weighted by Crippen LogP contribution is -2.18. The fraction of sp³-hybridized carbons (Fsp3) is 0.692. The first-order valence-corrected chi connectivity index (χ1v) is 6.50. The van der Waals surface area contributed by atoms with Gasteiger partial charge in [-0.3, -0.25) is 4.79 Å². The van der Waals surface area contributed by atoms with E-state index in [0.717, 1.165) is 11.5 Å². The number of aromatic amines is 1. The minimum absolute atomic E-state index is 0.00796. The predicted octanol–water partition coefficient (Wildman–Crippen LogP) is 2.13. The Morgan fingerprint density at radius 2 is 2.24 bits per heavy atom. The number of nitrogens with zero attached hydrogens (tertiary/aromatic N) is 1. The third kappa shape index (κ3) is 2.41. The van der Waals surface area contributed by atoms with Gasteiger partial charge >= 0.3 is 0 Å². The van der Waals surface area contributed by atoms with E-state index in [4.69, 9.17) is 4.74 Å². The van der Waals surface area contributed by atoms with Gasteiger partial charge in [0.2, 0.25) is 0 Å². The van der Waals surface area contributed by atoms with Crippen molar-refractivity contribution < 1.29 is 4.74 Å².